The predicted molar refractivity (Wildman–Crippen MR) is 81.6 cm³/mol. The van der Waals surface area contributed by atoms with Gasteiger partial charge in [-0.15, -0.1) is 11.3 Å². The van der Waals surface area contributed by atoms with E-state index in [1.807, 2.05) is 6.07 Å². The van der Waals surface area contributed by atoms with Crippen molar-refractivity contribution in [2.75, 3.05) is 7.05 Å². The van der Waals surface area contributed by atoms with Crippen molar-refractivity contribution in [3.8, 4) is 0 Å². The Bertz CT molecular complexity index is 376. The molecule has 0 amide bonds. The summed E-state index contributed by atoms with van der Waals surface area (Å²) in [7, 11) is 2.10. The van der Waals surface area contributed by atoms with Crippen molar-refractivity contribution in [1.29, 1.82) is 0 Å². The van der Waals surface area contributed by atoms with Crippen molar-refractivity contribution in [1.82, 2.24) is 5.32 Å². The van der Waals surface area contributed by atoms with E-state index in [4.69, 9.17) is 11.6 Å². The lowest BCUT2D eigenvalue weighted by Crippen LogP contribution is -2.38. The second-order valence-electron chi connectivity index (χ2n) is 6.31. The minimum absolute atomic E-state index is 0.557. The molecule has 0 saturated heterocycles. The summed E-state index contributed by atoms with van der Waals surface area (Å²) in [6, 6.07) is 4.79. The van der Waals surface area contributed by atoms with Crippen molar-refractivity contribution in [3.63, 3.8) is 0 Å². The number of hydrogen-bond acceptors (Lipinski definition) is 2. The fourth-order valence-electron chi connectivity index (χ4n) is 3.01. The molecule has 1 aliphatic rings. The summed E-state index contributed by atoms with van der Waals surface area (Å²) in [6.07, 6.45) is 6.57. The van der Waals surface area contributed by atoms with Crippen LogP contribution in [0.15, 0.2) is 12.1 Å². The van der Waals surface area contributed by atoms with Crippen LogP contribution >= 0.6 is 22.9 Å². The van der Waals surface area contributed by atoms with Crippen LogP contribution in [0.4, 0.5) is 0 Å². The number of nitrogens with one attached hydrogen (secondary N) is 1. The highest BCUT2D eigenvalue weighted by Gasteiger charge is 2.30. The summed E-state index contributed by atoms with van der Waals surface area (Å²) in [5.74, 6) is 0.823. The van der Waals surface area contributed by atoms with Gasteiger partial charge in [0.2, 0.25) is 0 Å². The van der Waals surface area contributed by atoms with Crippen LogP contribution in [0, 0.1) is 11.3 Å². The molecule has 102 valence electrons. The number of thiophene rings is 1. The summed E-state index contributed by atoms with van der Waals surface area (Å²) in [4.78, 5) is 1.41. The van der Waals surface area contributed by atoms with Crippen LogP contribution in [0.3, 0.4) is 0 Å². The zero-order chi connectivity index (χ0) is 13.2. The number of rotatable bonds is 4. The quantitative estimate of drug-likeness (QED) is 0.842. The first kappa shape index (κ1) is 14.4. The van der Waals surface area contributed by atoms with Gasteiger partial charge >= 0.3 is 0 Å². The van der Waals surface area contributed by atoms with Crippen LogP contribution in [0.1, 0.15) is 44.4 Å². The molecule has 3 heteroatoms. The first-order valence-electron chi connectivity index (χ1n) is 6.92. The summed E-state index contributed by atoms with van der Waals surface area (Å²) in [5.41, 5.74) is 0.557. The maximum Gasteiger partial charge on any atom is 0.0931 e. The molecule has 0 radical (unpaired) electrons. The molecule has 0 aliphatic heterocycles. The molecule has 1 saturated carbocycles. The summed E-state index contributed by atoms with van der Waals surface area (Å²) >= 11 is 7.73. The second-order valence-corrected chi connectivity index (χ2v) is 8.11. The number of likely N-dealkylation sites (N-methyl/N-ethyl adjacent to an activating group) is 1. The Morgan fingerprint density at radius 2 is 2.06 bits per heavy atom. The van der Waals surface area contributed by atoms with Crippen LogP contribution in [0.2, 0.25) is 4.34 Å². The van der Waals surface area contributed by atoms with E-state index in [0.29, 0.717) is 11.5 Å². The first-order valence-corrected chi connectivity index (χ1v) is 8.11. The first-order chi connectivity index (χ1) is 8.50. The molecule has 0 aromatic carbocycles. The molecular formula is C15H24ClNS. The largest absolute Gasteiger partial charge is 0.316 e. The van der Waals surface area contributed by atoms with Gasteiger partial charge in [-0.2, -0.15) is 0 Å². The van der Waals surface area contributed by atoms with E-state index in [9.17, 15) is 0 Å². The lowest BCUT2D eigenvalue weighted by molar-refractivity contribution is 0.164. The van der Waals surface area contributed by atoms with Crippen LogP contribution in [-0.2, 0) is 6.42 Å². The van der Waals surface area contributed by atoms with Crippen molar-refractivity contribution >= 4 is 22.9 Å². The Kier molecular flexibility index (Phi) is 4.74. The maximum absolute atomic E-state index is 6.01. The summed E-state index contributed by atoms with van der Waals surface area (Å²) in [6.45, 7) is 4.80. The highest BCUT2D eigenvalue weighted by atomic mass is 35.5. The third kappa shape index (κ3) is 3.72. The van der Waals surface area contributed by atoms with Crippen molar-refractivity contribution in [2.45, 2.75) is 52.0 Å². The van der Waals surface area contributed by atoms with E-state index in [1.165, 1.54) is 30.6 Å². The average molecular weight is 286 g/mol. The maximum atomic E-state index is 6.01. The topological polar surface area (TPSA) is 12.0 Å². The molecule has 1 aromatic rings. The molecule has 0 spiro atoms. The second kappa shape index (κ2) is 5.94. The zero-order valence-corrected chi connectivity index (χ0v) is 13.2. The lowest BCUT2D eigenvalue weighted by Gasteiger charge is -2.38. The highest BCUT2D eigenvalue weighted by molar-refractivity contribution is 7.16. The van der Waals surface area contributed by atoms with Crippen LogP contribution in [0.5, 0.6) is 0 Å². The fraction of sp³-hybridized carbons (Fsp3) is 0.733. The van der Waals surface area contributed by atoms with Gasteiger partial charge in [0.15, 0.2) is 0 Å². The monoisotopic (exact) mass is 285 g/mol. The van der Waals surface area contributed by atoms with Gasteiger partial charge in [0.25, 0.3) is 0 Å². The minimum atomic E-state index is 0.557. The van der Waals surface area contributed by atoms with Crippen LogP contribution in [-0.4, -0.2) is 13.1 Å². The van der Waals surface area contributed by atoms with E-state index >= 15 is 0 Å². The third-order valence-electron chi connectivity index (χ3n) is 4.37. The van der Waals surface area contributed by atoms with Gasteiger partial charge < -0.3 is 5.32 Å². The molecule has 1 heterocycles. The van der Waals surface area contributed by atoms with Gasteiger partial charge in [-0.05, 0) is 62.6 Å². The Morgan fingerprint density at radius 3 is 2.56 bits per heavy atom. The van der Waals surface area contributed by atoms with Gasteiger partial charge in [-0.1, -0.05) is 25.4 Å². The SMILES string of the molecule is CNC(Cc1ccc(Cl)s1)C1CCC(C)(C)CC1. The molecule has 1 N–H and O–H groups in total. The molecule has 1 atom stereocenters. The molecule has 0 bridgehead atoms. The minimum Gasteiger partial charge on any atom is -0.316 e. The average Bonchev–Trinajstić information content (AvgIpc) is 2.72. The molecule has 1 aliphatic carbocycles. The third-order valence-corrected chi connectivity index (χ3v) is 5.63. The lowest BCUT2D eigenvalue weighted by atomic mass is 9.70. The molecular weight excluding hydrogens is 262 g/mol. The van der Waals surface area contributed by atoms with Crippen molar-refractivity contribution < 1.29 is 0 Å². The van der Waals surface area contributed by atoms with Crippen molar-refractivity contribution in [3.05, 3.63) is 21.3 Å². The normalized spacial score (nSPS) is 22.0. The van der Waals surface area contributed by atoms with E-state index in [-0.39, 0.29) is 0 Å². The Balaban J connectivity index is 1.93. The van der Waals surface area contributed by atoms with E-state index < -0.39 is 0 Å². The van der Waals surface area contributed by atoms with E-state index in [2.05, 4.69) is 32.3 Å². The Morgan fingerprint density at radius 1 is 1.39 bits per heavy atom. The fourth-order valence-corrected chi connectivity index (χ4v) is 4.15. The van der Waals surface area contributed by atoms with Gasteiger partial charge in [0.05, 0.1) is 4.34 Å². The van der Waals surface area contributed by atoms with Gasteiger partial charge in [-0.25, -0.2) is 0 Å². The van der Waals surface area contributed by atoms with Crippen LogP contribution < -0.4 is 5.32 Å². The van der Waals surface area contributed by atoms with Crippen molar-refractivity contribution in [2.24, 2.45) is 11.3 Å². The number of hydrogen-bond donors (Lipinski definition) is 1. The van der Waals surface area contributed by atoms with E-state index in [1.54, 1.807) is 11.3 Å². The molecule has 1 nitrogen and oxygen atoms in total. The van der Waals surface area contributed by atoms with Gasteiger partial charge in [-0.3, -0.25) is 0 Å². The smallest absolute Gasteiger partial charge is 0.0931 e. The number of halogens is 1. The van der Waals surface area contributed by atoms with Gasteiger partial charge in [0.1, 0.15) is 0 Å². The van der Waals surface area contributed by atoms with Gasteiger partial charge in [0, 0.05) is 10.9 Å². The van der Waals surface area contributed by atoms with E-state index in [0.717, 1.165) is 16.7 Å². The standard InChI is InChI=1S/C15H24ClNS/c1-15(2)8-6-11(7-9-15)13(17-3)10-12-4-5-14(16)18-12/h4-5,11,13,17H,6-10H2,1-3H3. The zero-order valence-electron chi connectivity index (χ0n) is 11.6. The molecule has 1 unspecified atom stereocenters. The van der Waals surface area contributed by atoms with Crippen LogP contribution in [0.25, 0.3) is 0 Å². The highest BCUT2D eigenvalue weighted by Crippen LogP contribution is 2.40. The Labute approximate surface area is 120 Å². The molecule has 1 aromatic heterocycles. The molecule has 18 heavy (non-hydrogen) atoms. The summed E-state index contributed by atoms with van der Waals surface area (Å²) < 4.78 is 0.907. The Hall–Kier alpha value is -0.0500. The predicted octanol–water partition coefficient (Wildman–Crippen LogP) is 4.75. The molecule has 1 fully saturated rings. The summed E-state index contributed by atoms with van der Waals surface area (Å²) in [5, 5.41) is 3.52. The molecule has 2 rings (SSSR count).